The highest BCUT2D eigenvalue weighted by molar-refractivity contribution is 5.88. The standard InChI is InChI=1S/C20H20N4/c1-2-4-14(3-1)19-6-5-18-17(8-10-21-20(18)23-19)15-9-12-24-16(13-15)7-11-22-24/h5-9,11-14H,1-4,10H2,(H,21,23). The monoisotopic (exact) mass is 316 g/mol. The molecule has 0 bridgehead atoms. The Morgan fingerprint density at radius 2 is 2.00 bits per heavy atom. The molecule has 0 spiro atoms. The van der Waals surface area contributed by atoms with E-state index >= 15 is 0 Å². The van der Waals surface area contributed by atoms with Gasteiger partial charge in [-0.1, -0.05) is 18.9 Å². The van der Waals surface area contributed by atoms with Crippen LogP contribution in [0.3, 0.4) is 0 Å². The van der Waals surface area contributed by atoms with E-state index in [4.69, 9.17) is 4.98 Å². The largest absolute Gasteiger partial charge is 0.366 e. The average molecular weight is 316 g/mol. The highest BCUT2D eigenvalue weighted by atomic mass is 15.2. The van der Waals surface area contributed by atoms with Crippen molar-refractivity contribution in [2.45, 2.75) is 31.6 Å². The zero-order chi connectivity index (χ0) is 15.9. The lowest BCUT2D eigenvalue weighted by Crippen LogP contribution is -2.12. The zero-order valence-corrected chi connectivity index (χ0v) is 13.6. The normalized spacial score (nSPS) is 17.6. The molecule has 0 radical (unpaired) electrons. The molecular formula is C20H20N4. The molecule has 0 aromatic carbocycles. The summed E-state index contributed by atoms with van der Waals surface area (Å²) in [6.07, 6.45) is 11.4. The number of hydrogen-bond donors (Lipinski definition) is 1. The summed E-state index contributed by atoms with van der Waals surface area (Å²) in [5.74, 6) is 1.68. The average Bonchev–Trinajstić information content (AvgIpc) is 3.31. The first-order chi connectivity index (χ1) is 11.9. The molecule has 1 saturated carbocycles. The van der Waals surface area contributed by atoms with Gasteiger partial charge < -0.3 is 5.32 Å². The molecule has 1 N–H and O–H groups in total. The summed E-state index contributed by atoms with van der Waals surface area (Å²) in [5, 5.41) is 7.73. The lowest BCUT2D eigenvalue weighted by Gasteiger charge is -2.21. The summed E-state index contributed by atoms with van der Waals surface area (Å²) in [6.45, 7) is 0.827. The summed E-state index contributed by atoms with van der Waals surface area (Å²) >= 11 is 0. The van der Waals surface area contributed by atoms with Crippen LogP contribution < -0.4 is 5.32 Å². The van der Waals surface area contributed by atoms with Crippen molar-refractivity contribution in [2.75, 3.05) is 11.9 Å². The smallest absolute Gasteiger partial charge is 0.134 e. The molecule has 4 heterocycles. The van der Waals surface area contributed by atoms with Gasteiger partial charge in [0.15, 0.2) is 0 Å². The van der Waals surface area contributed by atoms with Gasteiger partial charge in [-0.2, -0.15) is 5.10 Å². The summed E-state index contributed by atoms with van der Waals surface area (Å²) in [6, 6.07) is 10.8. The van der Waals surface area contributed by atoms with Crippen LogP contribution in [0.1, 0.15) is 48.4 Å². The minimum atomic E-state index is 0.648. The minimum absolute atomic E-state index is 0.648. The van der Waals surface area contributed by atoms with Gasteiger partial charge in [-0.15, -0.1) is 0 Å². The van der Waals surface area contributed by atoms with E-state index in [1.165, 1.54) is 48.1 Å². The molecular weight excluding hydrogens is 296 g/mol. The van der Waals surface area contributed by atoms with E-state index in [0.717, 1.165) is 17.9 Å². The molecule has 120 valence electrons. The lowest BCUT2D eigenvalue weighted by atomic mass is 9.94. The second-order valence-corrected chi connectivity index (χ2v) is 6.73. The van der Waals surface area contributed by atoms with Gasteiger partial charge in [0.05, 0.1) is 5.52 Å². The van der Waals surface area contributed by atoms with Gasteiger partial charge in [0.1, 0.15) is 5.82 Å². The third kappa shape index (κ3) is 2.21. The minimum Gasteiger partial charge on any atom is -0.366 e. The van der Waals surface area contributed by atoms with Crippen LogP contribution in [0.4, 0.5) is 5.82 Å². The number of pyridine rings is 2. The maximum Gasteiger partial charge on any atom is 0.134 e. The SMILES string of the molecule is C1=C(c2ccn3nccc3c2)c2ccc(C3CCCC3)nc2NC1. The van der Waals surface area contributed by atoms with Crippen molar-refractivity contribution in [3.05, 3.63) is 65.6 Å². The van der Waals surface area contributed by atoms with Crippen molar-refractivity contribution in [1.29, 1.82) is 0 Å². The summed E-state index contributed by atoms with van der Waals surface area (Å²) in [7, 11) is 0. The number of fused-ring (bicyclic) bond motifs is 2. The third-order valence-electron chi connectivity index (χ3n) is 5.27. The Bertz CT molecular complexity index is 932. The molecule has 0 atom stereocenters. The summed E-state index contributed by atoms with van der Waals surface area (Å²) < 4.78 is 1.90. The van der Waals surface area contributed by atoms with Crippen LogP contribution in [-0.2, 0) is 0 Å². The number of nitrogens with zero attached hydrogens (tertiary/aromatic N) is 3. The molecule has 2 aliphatic rings. The molecule has 3 aromatic heterocycles. The Kier molecular flexibility index (Phi) is 3.15. The lowest BCUT2D eigenvalue weighted by molar-refractivity contribution is 0.698. The molecule has 24 heavy (non-hydrogen) atoms. The molecule has 4 nitrogen and oxygen atoms in total. The van der Waals surface area contributed by atoms with Gasteiger partial charge >= 0.3 is 0 Å². The van der Waals surface area contributed by atoms with Gasteiger partial charge in [0, 0.05) is 36.1 Å². The molecule has 0 amide bonds. The maximum absolute atomic E-state index is 4.95. The number of nitrogens with one attached hydrogen (secondary N) is 1. The second kappa shape index (κ2) is 5.48. The number of hydrogen-bond acceptors (Lipinski definition) is 3. The van der Waals surface area contributed by atoms with Crippen LogP contribution in [0.2, 0.25) is 0 Å². The molecule has 0 unspecified atom stereocenters. The highest BCUT2D eigenvalue weighted by Crippen LogP contribution is 2.37. The molecule has 0 saturated heterocycles. The predicted octanol–water partition coefficient (Wildman–Crippen LogP) is 4.24. The highest BCUT2D eigenvalue weighted by Gasteiger charge is 2.21. The zero-order valence-electron chi connectivity index (χ0n) is 13.6. The van der Waals surface area contributed by atoms with Crippen molar-refractivity contribution < 1.29 is 0 Å². The Labute approximate surface area is 141 Å². The molecule has 5 rings (SSSR count). The van der Waals surface area contributed by atoms with Crippen molar-refractivity contribution in [3.63, 3.8) is 0 Å². The third-order valence-corrected chi connectivity index (χ3v) is 5.27. The topological polar surface area (TPSA) is 42.2 Å². The Morgan fingerprint density at radius 3 is 2.92 bits per heavy atom. The molecule has 1 aliphatic carbocycles. The predicted molar refractivity (Wildman–Crippen MR) is 96.2 cm³/mol. The first kappa shape index (κ1) is 13.8. The number of anilines is 1. The molecule has 4 heteroatoms. The quantitative estimate of drug-likeness (QED) is 0.769. The van der Waals surface area contributed by atoms with Crippen LogP contribution in [0.5, 0.6) is 0 Å². The van der Waals surface area contributed by atoms with E-state index in [2.05, 4.69) is 40.8 Å². The first-order valence-electron chi connectivity index (χ1n) is 8.77. The first-order valence-corrected chi connectivity index (χ1v) is 8.77. The van der Waals surface area contributed by atoms with Gasteiger partial charge in [-0.05, 0) is 54.3 Å². The van der Waals surface area contributed by atoms with Crippen molar-refractivity contribution in [1.82, 2.24) is 14.6 Å². The van der Waals surface area contributed by atoms with Crippen LogP contribution in [0, 0.1) is 0 Å². The maximum atomic E-state index is 4.95. The fraction of sp³-hybridized carbons (Fsp3) is 0.300. The Morgan fingerprint density at radius 1 is 1.08 bits per heavy atom. The molecule has 1 fully saturated rings. The fourth-order valence-electron chi connectivity index (χ4n) is 4.00. The number of rotatable bonds is 2. The van der Waals surface area contributed by atoms with Gasteiger partial charge in [-0.25, -0.2) is 9.50 Å². The van der Waals surface area contributed by atoms with Crippen LogP contribution in [-0.4, -0.2) is 21.1 Å². The summed E-state index contributed by atoms with van der Waals surface area (Å²) in [4.78, 5) is 4.95. The van der Waals surface area contributed by atoms with Crippen LogP contribution in [0.15, 0.2) is 48.8 Å². The molecule has 1 aliphatic heterocycles. The van der Waals surface area contributed by atoms with Gasteiger partial charge in [0.2, 0.25) is 0 Å². The van der Waals surface area contributed by atoms with Gasteiger partial charge in [0.25, 0.3) is 0 Å². The molecule has 3 aromatic rings. The Hall–Kier alpha value is -2.62. The van der Waals surface area contributed by atoms with E-state index in [0.29, 0.717) is 5.92 Å². The van der Waals surface area contributed by atoms with Gasteiger partial charge in [-0.3, -0.25) is 0 Å². The van der Waals surface area contributed by atoms with Crippen LogP contribution in [0.25, 0.3) is 11.1 Å². The van der Waals surface area contributed by atoms with E-state index < -0.39 is 0 Å². The van der Waals surface area contributed by atoms with E-state index in [9.17, 15) is 0 Å². The Balaban J connectivity index is 1.55. The summed E-state index contributed by atoms with van der Waals surface area (Å²) in [5.41, 5.74) is 6.06. The van der Waals surface area contributed by atoms with E-state index in [1.54, 1.807) is 0 Å². The van der Waals surface area contributed by atoms with Crippen molar-refractivity contribution in [2.24, 2.45) is 0 Å². The van der Waals surface area contributed by atoms with E-state index in [-0.39, 0.29) is 0 Å². The van der Waals surface area contributed by atoms with Crippen molar-refractivity contribution in [3.8, 4) is 0 Å². The fourth-order valence-corrected chi connectivity index (χ4v) is 4.00. The second-order valence-electron chi connectivity index (χ2n) is 6.73. The number of aromatic nitrogens is 3. The van der Waals surface area contributed by atoms with Crippen LogP contribution >= 0.6 is 0 Å². The van der Waals surface area contributed by atoms with Crippen molar-refractivity contribution >= 4 is 16.9 Å². The van der Waals surface area contributed by atoms with E-state index in [1.807, 2.05) is 23.0 Å².